The summed E-state index contributed by atoms with van der Waals surface area (Å²) in [4.78, 5) is 0. The normalized spacial score (nSPS) is 11.8. The fraction of sp³-hybridized carbons (Fsp3) is 0.571. The van der Waals surface area contributed by atoms with Gasteiger partial charge in [0.15, 0.2) is 0 Å². The molecule has 1 aromatic carbocycles. The van der Waals surface area contributed by atoms with Gasteiger partial charge >= 0.3 is 0 Å². The topological polar surface area (TPSA) is 12.0 Å². The van der Waals surface area contributed by atoms with Crippen LogP contribution in [0, 0.1) is 12.7 Å². The molecular formula is C14H22FNS. The van der Waals surface area contributed by atoms with Crippen LogP contribution in [0.25, 0.3) is 0 Å². The second-order valence-electron chi connectivity index (χ2n) is 5.10. The molecule has 0 radical (unpaired) electrons. The van der Waals surface area contributed by atoms with Gasteiger partial charge in [-0.15, -0.1) is 0 Å². The van der Waals surface area contributed by atoms with Gasteiger partial charge in [-0.2, -0.15) is 12.6 Å². The molecule has 0 amide bonds. The highest BCUT2D eigenvalue weighted by atomic mass is 32.1. The second kappa shape index (κ2) is 6.41. The lowest BCUT2D eigenvalue weighted by atomic mass is 9.84. The molecule has 17 heavy (non-hydrogen) atoms. The minimum Gasteiger partial charge on any atom is -0.316 e. The lowest BCUT2D eigenvalue weighted by Crippen LogP contribution is -2.33. The van der Waals surface area contributed by atoms with Crippen molar-refractivity contribution in [3.63, 3.8) is 0 Å². The molecule has 0 aliphatic rings. The first-order chi connectivity index (χ1) is 7.97. The molecular weight excluding hydrogens is 233 g/mol. The molecule has 0 saturated carbocycles. The van der Waals surface area contributed by atoms with E-state index in [1.807, 2.05) is 19.1 Å². The number of benzene rings is 1. The Hall–Kier alpha value is -0.540. The molecule has 0 bridgehead atoms. The molecule has 1 rings (SSSR count). The molecule has 0 aliphatic heterocycles. The van der Waals surface area contributed by atoms with Crippen molar-refractivity contribution < 1.29 is 4.39 Å². The molecule has 1 N–H and O–H groups in total. The maximum absolute atomic E-state index is 13.2. The number of rotatable bonds is 6. The van der Waals surface area contributed by atoms with Crippen molar-refractivity contribution in [3.05, 3.63) is 35.1 Å². The predicted octanol–water partition coefficient (Wildman–Crippen LogP) is 3.32. The van der Waals surface area contributed by atoms with Crippen LogP contribution in [0.15, 0.2) is 18.2 Å². The van der Waals surface area contributed by atoms with Gasteiger partial charge in [-0.25, -0.2) is 4.39 Å². The van der Waals surface area contributed by atoms with E-state index < -0.39 is 0 Å². The van der Waals surface area contributed by atoms with E-state index >= 15 is 0 Å². The number of aryl methyl sites for hydroxylation is 1. The van der Waals surface area contributed by atoms with Crippen molar-refractivity contribution in [2.24, 2.45) is 0 Å². The fourth-order valence-electron chi connectivity index (χ4n) is 1.77. The highest BCUT2D eigenvalue weighted by Crippen LogP contribution is 2.24. The van der Waals surface area contributed by atoms with E-state index in [1.165, 1.54) is 5.56 Å². The Kier molecular flexibility index (Phi) is 5.47. The van der Waals surface area contributed by atoms with E-state index in [2.05, 4.69) is 31.8 Å². The molecule has 3 heteroatoms. The summed E-state index contributed by atoms with van der Waals surface area (Å²) < 4.78 is 13.2. The highest BCUT2D eigenvalue weighted by molar-refractivity contribution is 7.80. The van der Waals surface area contributed by atoms with E-state index in [9.17, 15) is 4.39 Å². The SMILES string of the molecule is Cc1cc(C(C)(C)CNCCCS)ccc1F. The molecule has 1 nitrogen and oxygen atoms in total. The Morgan fingerprint density at radius 2 is 2.06 bits per heavy atom. The van der Waals surface area contributed by atoms with E-state index in [4.69, 9.17) is 0 Å². The zero-order valence-corrected chi connectivity index (χ0v) is 11.8. The number of thiol groups is 1. The summed E-state index contributed by atoms with van der Waals surface area (Å²) >= 11 is 4.18. The van der Waals surface area contributed by atoms with Gasteiger partial charge in [0, 0.05) is 12.0 Å². The smallest absolute Gasteiger partial charge is 0.126 e. The summed E-state index contributed by atoms with van der Waals surface area (Å²) in [5.74, 6) is 0.774. The minimum absolute atomic E-state index is 0.0229. The molecule has 0 unspecified atom stereocenters. The predicted molar refractivity (Wildman–Crippen MR) is 75.5 cm³/mol. The van der Waals surface area contributed by atoms with Gasteiger partial charge in [-0.3, -0.25) is 0 Å². The van der Waals surface area contributed by atoms with Crippen molar-refractivity contribution in [1.29, 1.82) is 0 Å². The Morgan fingerprint density at radius 3 is 2.65 bits per heavy atom. The molecule has 1 aromatic rings. The van der Waals surface area contributed by atoms with Gasteiger partial charge in [0.2, 0.25) is 0 Å². The first kappa shape index (κ1) is 14.5. The Balaban J connectivity index is 2.64. The van der Waals surface area contributed by atoms with Gasteiger partial charge in [-0.1, -0.05) is 26.0 Å². The zero-order chi connectivity index (χ0) is 12.9. The summed E-state index contributed by atoms with van der Waals surface area (Å²) in [6, 6.07) is 5.37. The average Bonchev–Trinajstić information content (AvgIpc) is 2.28. The lowest BCUT2D eigenvalue weighted by Gasteiger charge is -2.26. The number of nitrogens with one attached hydrogen (secondary N) is 1. The Morgan fingerprint density at radius 1 is 1.35 bits per heavy atom. The molecule has 0 atom stereocenters. The molecule has 0 spiro atoms. The maximum Gasteiger partial charge on any atom is 0.126 e. The van der Waals surface area contributed by atoms with Crippen LogP contribution >= 0.6 is 12.6 Å². The molecule has 0 saturated heterocycles. The number of hydrogen-bond donors (Lipinski definition) is 2. The van der Waals surface area contributed by atoms with E-state index in [1.54, 1.807) is 6.07 Å². The van der Waals surface area contributed by atoms with Crippen molar-refractivity contribution in [3.8, 4) is 0 Å². The molecule has 0 heterocycles. The van der Waals surface area contributed by atoms with Crippen LogP contribution in [0.5, 0.6) is 0 Å². The van der Waals surface area contributed by atoms with Crippen molar-refractivity contribution >= 4 is 12.6 Å². The minimum atomic E-state index is -0.132. The lowest BCUT2D eigenvalue weighted by molar-refractivity contribution is 0.468. The quantitative estimate of drug-likeness (QED) is 0.587. The first-order valence-electron chi connectivity index (χ1n) is 6.05. The number of hydrogen-bond acceptors (Lipinski definition) is 2. The summed E-state index contributed by atoms with van der Waals surface area (Å²) in [6.07, 6.45) is 1.07. The monoisotopic (exact) mass is 255 g/mol. The van der Waals surface area contributed by atoms with Gasteiger partial charge < -0.3 is 5.32 Å². The molecule has 0 fully saturated rings. The van der Waals surface area contributed by atoms with Crippen molar-refractivity contribution in [2.45, 2.75) is 32.6 Å². The Bertz CT molecular complexity index is 363. The highest BCUT2D eigenvalue weighted by Gasteiger charge is 2.20. The summed E-state index contributed by atoms with van der Waals surface area (Å²) in [5.41, 5.74) is 1.91. The first-order valence-corrected chi connectivity index (χ1v) is 6.69. The third kappa shape index (κ3) is 4.32. The summed E-state index contributed by atoms with van der Waals surface area (Å²) in [6.45, 7) is 8.03. The zero-order valence-electron chi connectivity index (χ0n) is 10.9. The van der Waals surface area contributed by atoms with Crippen molar-refractivity contribution in [2.75, 3.05) is 18.8 Å². The third-order valence-corrected chi connectivity index (χ3v) is 3.33. The fourth-order valence-corrected chi connectivity index (χ4v) is 1.93. The van der Waals surface area contributed by atoms with Crippen LogP contribution < -0.4 is 5.32 Å². The van der Waals surface area contributed by atoms with Gasteiger partial charge in [0.05, 0.1) is 0 Å². The van der Waals surface area contributed by atoms with Gasteiger partial charge in [0.25, 0.3) is 0 Å². The standard InChI is InChI=1S/C14H22FNS/c1-11-9-12(5-6-13(11)15)14(2,3)10-16-7-4-8-17/h5-6,9,16-17H,4,7-8,10H2,1-3H3. The van der Waals surface area contributed by atoms with Crippen LogP contribution in [-0.4, -0.2) is 18.8 Å². The van der Waals surface area contributed by atoms with E-state index in [0.717, 1.165) is 25.3 Å². The summed E-state index contributed by atoms with van der Waals surface area (Å²) in [7, 11) is 0. The Labute approximate surface area is 109 Å². The van der Waals surface area contributed by atoms with Crippen LogP contribution in [0.1, 0.15) is 31.4 Å². The van der Waals surface area contributed by atoms with Gasteiger partial charge in [-0.05, 0) is 42.8 Å². The second-order valence-corrected chi connectivity index (χ2v) is 5.55. The molecule has 0 aliphatic carbocycles. The van der Waals surface area contributed by atoms with Crippen molar-refractivity contribution in [1.82, 2.24) is 5.32 Å². The largest absolute Gasteiger partial charge is 0.316 e. The van der Waals surface area contributed by atoms with Crippen LogP contribution in [0.2, 0.25) is 0 Å². The van der Waals surface area contributed by atoms with E-state index in [-0.39, 0.29) is 11.2 Å². The van der Waals surface area contributed by atoms with E-state index in [0.29, 0.717) is 5.56 Å². The molecule has 0 aromatic heterocycles. The number of halogens is 1. The third-order valence-electron chi connectivity index (χ3n) is 3.02. The van der Waals surface area contributed by atoms with Crippen LogP contribution in [0.3, 0.4) is 0 Å². The average molecular weight is 255 g/mol. The van der Waals surface area contributed by atoms with Crippen LogP contribution in [-0.2, 0) is 5.41 Å². The van der Waals surface area contributed by atoms with Crippen LogP contribution in [0.4, 0.5) is 4.39 Å². The van der Waals surface area contributed by atoms with Gasteiger partial charge in [0.1, 0.15) is 5.82 Å². The summed E-state index contributed by atoms with van der Waals surface area (Å²) in [5, 5.41) is 3.42. The maximum atomic E-state index is 13.2. The molecule has 96 valence electrons.